The Morgan fingerprint density at radius 1 is 1.61 bits per heavy atom. The first-order chi connectivity index (χ1) is 8.58. The minimum absolute atomic E-state index is 0.0282. The maximum Gasteiger partial charge on any atom is 0.343 e. The van der Waals surface area contributed by atoms with Crippen molar-refractivity contribution in [1.29, 1.82) is 0 Å². The lowest BCUT2D eigenvalue weighted by molar-refractivity contribution is -0.385. The van der Waals surface area contributed by atoms with E-state index in [1.807, 2.05) is 0 Å². The highest BCUT2D eigenvalue weighted by molar-refractivity contribution is 5.81. The molecule has 0 saturated carbocycles. The molecule has 0 aliphatic rings. The molecule has 0 aliphatic carbocycles. The number of ether oxygens (including phenoxy) is 2. The number of hydrogen-bond donors (Lipinski definition) is 1. The normalized spacial score (nSPS) is 10.3. The van der Waals surface area contributed by atoms with Crippen LogP contribution in [0.2, 0.25) is 0 Å². The van der Waals surface area contributed by atoms with Gasteiger partial charge in [-0.05, 0) is 12.1 Å². The van der Waals surface area contributed by atoms with Crippen LogP contribution in [0.5, 0.6) is 5.75 Å². The molecule has 0 spiro atoms. The number of hydrogen-bond acceptors (Lipinski definition) is 7. The molecular weight excluding hydrogens is 242 g/mol. The molecule has 0 aliphatic heterocycles. The van der Waals surface area contributed by atoms with Crippen LogP contribution in [-0.4, -0.2) is 30.8 Å². The highest BCUT2D eigenvalue weighted by Crippen LogP contribution is 2.27. The molecule has 0 fully saturated rings. The van der Waals surface area contributed by atoms with Crippen LogP contribution in [0.4, 0.5) is 5.69 Å². The zero-order chi connectivity index (χ0) is 13.5. The van der Waals surface area contributed by atoms with Crippen molar-refractivity contribution in [2.45, 2.75) is 0 Å². The van der Waals surface area contributed by atoms with Gasteiger partial charge in [-0.3, -0.25) is 10.1 Å². The fourth-order valence-corrected chi connectivity index (χ4v) is 1.16. The Morgan fingerprint density at radius 2 is 2.33 bits per heavy atom. The average Bonchev–Trinajstić information content (AvgIpc) is 2.36. The summed E-state index contributed by atoms with van der Waals surface area (Å²) < 4.78 is 9.36. The van der Waals surface area contributed by atoms with E-state index in [9.17, 15) is 14.9 Å². The van der Waals surface area contributed by atoms with E-state index >= 15 is 0 Å². The van der Waals surface area contributed by atoms with Crippen LogP contribution in [0.1, 0.15) is 5.56 Å². The van der Waals surface area contributed by atoms with Gasteiger partial charge < -0.3 is 15.3 Å². The lowest BCUT2D eigenvalue weighted by atomic mass is 10.2. The van der Waals surface area contributed by atoms with E-state index in [1.54, 1.807) is 0 Å². The number of hydrazone groups is 1. The Hall–Kier alpha value is -2.64. The maximum absolute atomic E-state index is 10.9. The summed E-state index contributed by atoms with van der Waals surface area (Å²) in [6, 6.07) is 4.12. The van der Waals surface area contributed by atoms with Crippen molar-refractivity contribution in [3.05, 3.63) is 33.9 Å². The van der Waals surface area contributed by atoms with Gasteiger partial charge >= 0.3 is 11.7 Å². The standard InChI is InChI=1S/C10H11N3O5/c1-17-10(14)6-18-9-3-2-7(5-12-11)4-8(9)13(15)16/h2-5H,6,11H2,1H3. The molecule has 2 N–H and O–H groups in total. The van der Waals surface area contributed by atoms with E-state index in [1.165, 1.54) is 31.5 Å². The Morgan fingerprint density at radius 3 is 2.89 bits per heavy atom. The summed E-state index contributed by atoms with van der Waals surface area (Å²) in [7, 11) is 1.20. The Balaban J connectivity index is 2.96. The van der Waals surface area contributed by atoms with Crippen LogP contribution in [0, 0.1) is 10.1 Å². The average molecular weight is 253 g/mol. The van der Waals surface area contributed by atoms with Gasteiger partial charge in [0.25, 0.3) is 0 Å². The van der Waals surface area contributed by atoms with Crippen molar-refractivity contribution in [2.24, 2.45) is 10.9 Å². The van der Waals surface area contributed by atoms with E-state index in [0.29, 0.717) is 5.56 Å². The number of benzene rings is 1. The van der Waals surface area contributed by atoms with Crippen molar-refractivity contribution >= 4 is 17.9 Å². The van der Waals surface area contributed by atoms with Crippen LogP contribution in [-0.2, 0) is 9.53 Å². The lowest BCUT2D eigenvalue weighted by Gasteiger charge is -2.05. The molecule has 8 nitrogen and oxygen atoms in total. The first kappa shape index (κ1) is 13.4. The molecule has 8 heteroatoms. The Labute approximate surface area is 102 Å². The Bertz CT molecular complexity index is 486. The summed E-state index contributed by atoms with van der Waals surface area (Å²) in [5, 5.41) is 14.1. The minimum atomic E-state index is -0.628. The molecule has 1 rings (SSSR count). The first-order valence-corrected chi connectivity index (χ1v) is 4.79. The molecule has 0 atom stereocenters. The largest absolute Gasteiger partial charge is 0.475 e. The SMILES string of the molecule is COC(=O)COc1ccc(C=NN)cc1[N+](=O)[O-]. The molecule has 96 valence electrons. The van der Waals surface area contributed by atoms with E-state index in [0.717, 1.165) is 0 Å². The third-order valence-electron chi connectivity index (χ3n) is 1.98. The van der Waals surface area contributed by atoms with Gasteiger partial charge in [-0.15, -0.1) is 0 Å². The van der Waals surface area contributed by atoms with Gasteiger partial charge in [0, 0.05) is 11.6 Å². The van der Waals surface area contributed by atoms with Gasteiger partial charge in [0.15, 0.2) is 12.4 Å². The summed E-state index contributed by atoms with van der Waals surface area (Å²) in [5.74, 6) is 4.29. The highest BCUT2D eigenvalue weighted by Gasteiger charge is 2.16. The van der Waals surface area contributed by atoms with Crippen LogP contribution in [0.3, 0.4) is 0 Å². The van der Waals surface area contributed by atoms with Gasteiger partial charge in [-0.25, -0.2) is 4.79 Å². The van der Waals surface area contributed by atoms with Crippen molar-refractivity contribution in [3.8, 4) is 5.75 Å². The predicted molar refractivity (Wildman–Crippen MR) is 62.4 cm³/mol. The van der Waals surface area contributed by atoms with Crippen molar-refractivity contribution in [1.82, 2.24) is 0 Å². The molecule has 0 heterocycles. The molecule has 0 aromatic heterocycles. The van der Waals surface area contributed by atoms with Gasteiger partial charge in [-0.1, -0.05) is 0 Å². The summed E-state index contributed by atoms with van der Waals surface area (Å²) in [6.45, 7) is -0.401. The fourth-order valence-electron chi connectivity index (χ4n) is 1.16. The maximum atomic E-state index is 10.9. The minimum Gasteiger partial charge on any atom is -0.475 e. The fraction of sp³-hybridized carbons (Fsp3) is 0.200. The smallest absolute Gasteiger partial charge is 0.343 e. The molecule has 0 saturated heterocycles. The molecule has 1 aromatic rings. The summed E-state index contributed by atoms with van der Waals surface area (Å²) in [4.78, 5) is 21.1. The van der Waals surface area contributed by atoms with E-state index in [2.05, 4.69) is 9.84 Å². The van der Waals surface area contributed by atoms with Crippen molar-refractivity contribution in [3.63, 3.8) is 0 Å². The number of nitro groups is 1. The van der Waals surface area contributed by atoms with Crippen LogP contribution in [0.25, 0.3) is 0 Å². The first-order valence-electron chi connectivity index (χ1n) is 4.79. The second kappa shape index (κ2) is 6.18. The zero-order valence-corrected chi connectivity index (χ0v) is 9.53. The molecular formula is C10H11N3O5. The number of esters is 1. The Kier molecular flexibility index (Phi) is 4.61. The number of nitro benzene ring substituents is 1. The lowest BCUT2D eigenvalue weighted by Crippen LogP contribution is -2.13. The summed E-state index contributed by atoms with van der Waals surface area (Å²) in [6.07, 6.45) is 1.26. The quantitative estimate of drug-likeness (QED) is 0.267. The van der Waals surface area contributed by atoms with Crippen molar-refractivity contribution < 1.29 is 19.2 Å². The van der Waals surface area contributed by atoms with Crippen molar-refractivity contribution in [2.75, 3.05) is 13.7 Å². The molecule has 0 radical (unpaired) electrons. The van der Waals surface area contributed by atoms with Crippen LogP contribution >= 0.6 is 0 Å². The number of methoxy groups -OCH3 is 1. The van der Waals surface area contributed by atoms with Crippen LogP contribution < -0.4 is 10.6 Å². The number of nitrogens with two attached hydrogens (primary N) is 1. The van der Waals surface area contributed by atoms with E-state index in [-0.39, 0.29) is 11.4 Å². The highest BCUT2D eigenvalue weighted by atomic mass is 16.6. The van der Waals surface area contributed by atoms with Gasteiger partial charge in [0.05, 0.1) is 18.2 Å². The molecule has 18 heavy (non-hydrogen) atoms. The third kappa shape index (κ3) is 3.44. The predicted octanol–water partition coefficient (Wildman–Crippen LogP) is 0.439. The number of carbonyl (C=O) groups is 1. The monoisotopic (exact) mass is 253 g/mol. The second-order valence-electron chi connectivity index (χ2n) is 3.13. The van der Waals surface area contributed by atoms with E-state index < -0.39 is 17.5 Å². The molecule has 0 bridgehead atoms. The van der Waals surface area contributed by atoms with E-state index in [4.69, 9.17) is 10.6 Å². The third-order valence-corrected chi connectivity index (χ3v) is 1.98. The zero-order valence-electron chi connectivity index (χ0n) is 9.53. The summed E-state index contributed by atoms with van der Waals surface area (Å²) in [5.41, 5.74) is 0.172. The molecule has 1 aromatic carbocycles. The molecule has 0 amide bonds. The van der Waals surface area contributed by atoms with Crippen LogP contribution in [0.15, 0.2) is 23.3 Å². The number of rotatable bonds is 5. The topological polar surface area (TPSA) is 117 Å². The van der Waals surface area contributed by atoms with Gasteiger partial charge in [0.1, 0.15) is 0 Å². The van der Waals surface area contributed by atoms with Gasteiger partial charge in [0.2, 0.25) is 0 Å². The second-order valence-corrected chi connectivity index (χ2v) is 3.13. The number of nitrogens with zero attached hydrogens (tertiary/aromatic N) is 2. The number of carbonyl (C=O) groups excluding carboxylic acids is 1. The van der Waals surface area contributed by atoms with Gasteiger partial charge in [-0.2, -0.15) is 5.10 Å². The summed E-state index contributed by atoms with van der Waals surface area (Å²) >= 11 is 0. The molecule has 0 unspecified atom stereocenters.